The van der Waals surface area contributed by atoms with Crippen LogP contribution in [0.15, 0.2) is 24.3 Å². The van der Waals surface area contributed by atoms with Gasteiger partial charge in [-0.25, -0.2) is 0 Å². The van der Waals surface area contributed by atoms with Crippen LogP contribution in [-0.4, -0.2) is 56.2 Å². The van der Waals surface area contributed by atoms with Gasteiger partial charge in [-0.3, -0.25) is 4.79 Å². The van der Waals surface area contributed by atoms with Crippen molar-refractivity contribution in [1.82, 2.24) is 13.9 Å². The van der Waals surface area contributed by atoms with Crippen molar-refractivity contribution in [2.24, 2.45) is 11.8 Å². The highest BCUT2D eigenvalue weighted by Crippen LogP contribution is 2.25. The van der Waals surface area contributed by atoms with Crippen LogP contribution in [0.3, 0.4) is 0 Å². The number of hydrogen-bond acceptors (Lipinski definition) is 4. The fraction of sp³-hybridized carbons (Fsp3) is 0.650. The summed E-state index contributed by atoms with van der Waals surface area (Å²) >= 11 is 0. The topological polar surface area (TPSA) is 79.0 Å². The van der Waals surface area contributed by atoms with E-state index < -0.39 is 10.2 Å². The lowest BCUT2D eigenvalue weighted by atomic mass is 9.99. The smallest absolute Gasteiger partial charge is 0.281 e. The van der Waals surface area contributed by atoms with Crippen LogP contribution in [0.25, 0.3) is 0 Å². The summed E-state index contributed by atoms with van der Waals surface area (Å²) in [5.41, 5.74) is 0.954. The SMILES string of the molecule is COc1cccc(CNC(=O)[C@H]2CCCN(S(=O)(=O)N3CCC(C)CC3)C2)c1. The Morgan fingerprint density at radius 2 is 1.93 bits per heavy atom. The van der Waals surface area contributed by atoms with Gasteiger partial charge in [-0.1, -0.05) is 19.1 Å². The molecule has 0 bridgehead atoms. The molecule has 0 aliphatic carbocycles. The molecule has 1 N–H and O–H groups in total. The molecule has 28 heavy (non-hydrogen) atoms. The molecule has 2 aliphatic rings. The number of benzene rings is 1. The Kier molecular flexibility index (Phi) is 6.95. The van der Waals surface area contributed by atoms with Crippen LogP contribution in [-0.2, 0) is 21.5 Å². The van der Waals surface area contributed by atoms with E-state index in [1.165, 1.54) is 4.31 Å². The number of carbonyl (C=O) groups is 1. The molecule has 0 unspecified atom stereocenters. The average molecular weight is 410 g/mol. The van der Waals surface area contributed by atoms with Crippen molar-refractivity contribution in [2.45, 2.75) is 39.2 Å². The normalized spacial score (nSPS) is 22.7. The first-order valence-corrected chi connectivity index (χ1v) is 11.5. The maximum Gasteiger partial charge on any atom is 0.281 e. The van der Waals surface area contributed by atoms with Gasteiger partial charge < -0.3 is 10.1 Å². The number of amides is 1. The minimum absolute atomic E-state index is 0.0880. The van der Waals surface area contributed by atoms with E-state index in [-0.39, 0.29) is 18.4 Å². The molecular weight excluding hydrogens is 378 g/mol. The molecule has 0 radical (unpaired) electrons. The van der Waals surface area contributed by atoms with Gasteiger partial charge in [0.05, 0.1) is 13.0 Å². The lowest BCUT2D eigenvalue weighted by molar-refractivity contribution is -0.126. The Balaban J connectivity index is 1.57. The van der Waals surface area contributed by atoms with Crippen LogP contribution in [0, 0.1) is 11.8 Å². The fourth-order valence-electron chi connectivity index (χ4n) is 3.86. The number of rotatable bonds is 6. The van der Waals surface area contributed by atoms with Crippen molar-refractivity contribution in [3.63, 3.8) is 0 Å². The molecule has 2 aliphatic heterocycles. The van der Waals surface area contributed by atoms with E-state index in [9.17, 15) is 13.2 Å². The molecule has 1 aromatic rings. The van der Waals surface area contributed by atoms with Crippen LogP contribution in [0.2, 0.25) is 0 Å². The Morgan fingerprint density at radius 1 is 1.18 bits per heavy atom. The molecule has 0 saturated carbocycles. The number of nitrogens with one attached hydrogen (secondary N) is 1. The maximum absolute atomic E-state index is 13.0. The van der Waals surface area contributed by atoms with Crippen LogP contribution >= 0.6 is 0 Å². The average Bonchev–Trinajstić information content (AvgIpc) is 2.72. The van der Waals surface area contributed by atoms with E-state index in [4.69, 9.17) is 4.74 Å². The summed E-state index contributed by atoms with van der Waals surface area (Å²) in [6, 6.07) is 7.55. The van der Waals surface area contributed by atoms with Gasteiger partial charge in [0.25, 0.3) is 10.2 Å². The van der Waals surface area contributed by atoms with E-state index in [0.29, 0.717) is 44.9 Å². The van der Waals surface area contributed by atoms with Gasteiger partial charge in [0.1, 0.15) is 5.75 Å². The summed E-state index contributed by atoms with van der Waals surface area (Å²) in [7, 11) is -1.87. The van der Waals surface area contributed by atoms with Gasteiger partial charge in [-0.2, -0.15) is 17.0 Å². The van der Waals surface area contributed by atoms with Gasteiger partial charge in [-0.05, 0) is 49.3 Å². The summed E-state index contributed by atoms with van der Waals surface area (Å²) in [5, 5.41) is 2.95. The summed E-state index contributed by atoms with van der Waals surface area (Å²) in [4.78, 5) is 12.6. The van der Waals surface area contributed by atoms with Crippen molar-refractivity contribution >= 4 is 16.1 Å². The molecule has 0 aromatic heterocycles. The van der Waals surface area contributed by atoms with Crippen molar-refractivity contribution < 1.29 is 17.9 Å². The molecule has 2 heterocycles. The number of ether oxygens (including phenoxy) is 1. The number of piperidine rings is 2. The van der Waals surface area contributed by atoms with E-state index in [1.807, 2.05) is 24.3 Å². The summed E-state index contributed by atoms with van der Waals surface area (Å²) in [5.74, 6) is 0.924. The third-order valence-electron chi connectivity index (χ3n) is 5.75. The van der Waals surface area contributed by atoms with Gasteiger partial charge in [0.2, 0.25) is 5.91 Å². The molecule has 2 saturated heterocycles. The minimum atomic E-state index is -3.48. The van der Waals surface area contributed by atoms with Crippen LogP contribution in [0.1, 0.15) is 38.2 Å². The van der Waals surface area contributed by atoms with Crippen molar-refractivity contribution in [3.05, 3.63) is 29.8 Å². The predicted octanol–water partition coefficient (Wildman–Crippen LogP) is 2.00. The molecule has 1 amide bonds. The second kappa shape index (κ2) is 9.24. The molecule has 0 spiro atoms. The summed E-state index contributed by atoms with van der Waals surface area (Å²) < 4.78 is 34.2. The minimum Gasteiger partial charge on any atom is -0.497 e. The zero-order valence-electron chi connectivity index (χ0n) is 16.8. The van der Waals surface area contributed by atoms with Crippen molar-refractivity contribution in [3.8, 4) is 5.75 Å². The first-order chi connectivity index (χ1) is 13.4. The number of hydrogen-bond donors (Lipinski definition) is 1. The highest BCUT2D eigenvalue weighted by molar-refractivity contribution is 7.86. The molecular formula is C20H31N3O4S. The second-order valence-electron chi connectivity index (χ2n) is 7.86. The first-order valence-electron chi connectivity index (χ1n) is 10.1. The first kappa shape index (κ1) is 21.1. The van der Waals surface area contributed by atoms with E-state index in [1.54, 1.807) is 11.4 Å². The van der Waals surface area contributed by atoms with Crippen LogP contribution in [0.5, 0.6) is 5.75 Å². The van der Waals surface area contributed by atoms with Gasteiger partial charge in [0, 0.05) is 32.7 Å². The molecule has 1 aromatic carbocycles. The zero-order chi connectivity index (χ0) is 20.1. The molecule has 1 atom stereocenters. The molecule has 3 rings (SSSR count). The summed E-state index contributed by atoms with van der Waals surface area (Å²) in [6.07, 6.45) is 3.22. The van der Waals surface area contributed by atoms with Gasteiger partial charge in [0.15, 0.2) is 0 Å². The van der Waals surface area contributed by atoms with E-state index in [2.05, 4.69) is 12.2 Å². The Labute approximate surface area is 168 Å². The third kappa shape index (κ3) is 5.04. The highest BCUT2D eigenvalue weighted by atomic mass is 32.2. The Bertz CT molecular complexity index is 775. The van der Waals surface area contributed by atoms with Gasteiger partial charge in [-0.15, -0.1) is 0 Å². The molecule has 156 valence electrons. The summed E-state index contributed by atoms with van der Waals surface area (Å²) in [6.45, 7) is 4.47. The largest absolute Gasteiger partial charge is 0.497 e. The monoisotopic (exact) mass is 409 g/mol. The van der Waals surface area contributed by atoms with Crippen molar-refractivity contribution in [2.75, 3.05) is 33.3 Å². The number of carbonyl (C=O) groups excluding carboxylic acids is 1. The quantitative estimate of drug-likeness (QED) is 0.779. The number of nitrogens with zero attached hydrogens (tertiary/aromatic N) is 2. The Morgan fingerprint density at radius 3 is 2.64 bits per heavy atom. The van der Waals surface area contributed by atoms with Crippen molar-refractivity contribution in [1.29, 1.82) is 0 Å². The fourth-order valence-corrected chi connectivity index (χ4v) is 5.59. The lowest BCUT2D eigenvalue weighted by Crippen LogP contribution is -2.52. The van der Waals surface area contributed by atoms with E-state index >= 15 is 0 Å². The molecule has 7 nitrogen and oxygen atoms in total. The maximum atomic E-state index is 13.0. The predicted molar refractivity (Wildman–Crippen MR) is 108 cm³/mol. The van der Waals surface area contributed by atoms with Gasteiger partial charge >= 0.3 is 0 Å². The van der Waals surface area contributed by atoms with Crippen LogP contribution < -0.4 is 10.1 Å². The standard InChI is InChI=1S/C20H31N3O4S/c1-16-8-11-22(12-9-16)28(25,26)23-10-4-6-18(15-23)20(24)21-14-17-5-3-7-19(13-17)27-2/h3,5,7,13,16,18H,4,6,8-12,14-15H2,1-2H3,(H,21,24)/t18-/m0/s1. The highest BCUT2D eigenvalue weighted by Gasteiger charge is 2.36. The molecule has 8 heteroatoms. The third-order valence-corrected chi connectivity index (χ3v) is 7.75. The number of methoxy groups -OCH3 is 1. The second-order valence-corrected chi connectivity index (χ2v) is 9.78. The lowest BCUT2D eigenvalue weighted by Gasteiger charge is -2.37. The zero-order valence-corrected chi connectivity index (χ0v) is 17.6. The Hall–Kier alpha value is -1.64. The van der Waals surface area contributed by atoms with E-state index in [0.717, 1.165) is 24.2 Å². The van der Waals surface area contributed by atoms with Crippen LogP contribution in [0.4, 0.5) is 0 Å². The molecule has 2 fully saturated rings.